The molecule has 7 nitrogen and oxygen atoms in total. The second-order valence-electron chi connectivity index (χ2n) is 3.40. The molecule has 1 aliphatic rings. The molecule has 0 saturated carbocycles. The van der Waals surface area contributed by atoms with E-state index in [4.69, 9.17) is 10.5 Å². The fraction of sp³-hybridized carbons (Fsp3) is 0.625. The lowest BCUT2D eigenvalue weighted by Gasteiger charge is -2.09. The summed E-state index contributed by atoms with van der Waals surface area (Å²) in [6.45, 7) is 1.26. The normalized spacial score (nSPS) is 20.4. The molecule has 4 N–H and O–H groups in total. The highest BCUT2D eigenvalue weighted by Gasteiger charge is 2.18. The summed E-state index contributed by atoms with van der Waals surface area (Å²) < 4.78 is 5.36. The Morgan fingerprint density at radius 1 is 1.67 bits per heavy atom. The molecule has 0 bridgehead atoms. The van der Waals surface area contributed by atoms with Crippen LogP contribution in [0.1, 0.15) is 23.3 Å². The Labute approximate surface area is 86.4 Å². The molecule has 1 atom stereocenters. The van der Waals surface area contributed by atoms with Crippen LogP contribution in [0.2, 0.25) is 0 Å². The van der Waals surface area contributed by atoms with E-state index in [9.17, 15) is 4.79 Å². The summed E-state index contributed by atoms with van der Waals surface area (Å²) in [6.07, 6.45) is 2.14. The maximum Gasteiger partial charge on any atom is 0.275 e. The minimum atomic E-state index is -0.322. The zero-order valence-electron chi connectivity index (χ0n) is 8.19. The third-order valence-electron chi connectivity index (χ3n) is 2.30. The van der Waals surface area contributed by atoms with Gasteiger partial charge >= 0.3 is 0 Å². The van der Waals surface area contributed by atoms with Crippen molar-refractivity contribution in [2.45, 2.75) is 18.9 Å². The molecule has 7 heteroatoms. The van der Waals surface area contributed by atoms with Crippen LogP contribution in [0.15, 0.2) is 0 Å². The average Bonchev–Trinajstić information content (AvgIpc) is 2.84. The highest BCUT2D eigenvalue weighted by atomic mass is 16.5. The summed E-state index contributed by atoms with van der Waals surface area (Å²) in [4.78, 5) is 11.5. The van der Waals surface area contributed by atoms with Gasteiger partial charge in [-0.2, -0.15) is 5.21 Å². The van der Waals surface area contributed by atoms with Crippen LogP contribution in [0.25, 0.3) is 0 Å². The van der Waals surface area contributed by atoms with E-state index in [-0.39, 0.29) is 23.5 Å². The van der Waals surface area contributed by atoms with E-state index in [0.717, 1.165) is 19.4 Å². The molecular formula is C8H13N5O2. The third-order valence-corrected chi connectivity index (χ3v) is 2.30. The number of amides is 1. The fourth-order valence-corrected chi connectivity index (χ4v) is 1.50. The van der Waals surface area contributed by atoms with Gasteiger partial charge in [-0.15, -0.1) is 10.2 Å². The number of anilines is 1. The predicted octanol–water partition coefficient (Wildman–Crippen LogP) is -0.704. The lowest BCUT2D eigenvalue weighted by molar-refractivity contribution is 0.0854. The Morgan fingerprint density at radius 2 is 2.53 bits per heavy atom. The molecule has 15 heavy (non-hydrogen) atoms. The number of nitrogens with one attached hydrogen (secondary N) is 2. The molecule has 1 saturated heterocycles. The monoisotopic (exact) mass is 211 g/mol. The van der Waals surface area contributed by atoms with Crippen LogP contribution in [0.4, 0.5) is 5.82 Å². The van der Waals surface area contributed by atoms with Crippen molar-refractivity contribution in [2.75, 3.05) is 18.9 Å². The van der Waals surface area contributed by atoms with Crippen molar-refractivity contribution in [1.29, 1.82) is 0 Å². The van der Waals surface area contributed by atoms with Gasteiger partial charge in [0.15, 0.2) is 11.5 Å². The van der Waals surface area contributed by atoms with Gasteiger partial charge in [0, 0.05) is 13.2 Å². The first kappa shape index (κ1) is 9.91. The van der Waals surface area contributed by atoms with Gasteiger partial charge in [-0.3, -0.25) is 4.79 Å². The Balaban J connectivity index is 1.84. The number of carbonyl (C=O) groups excluding carboxylic acids is 1. The summed E-state index contributed by atoms with van der Waals surface area (Å²) >= 11 is 0. The topological polar surface area (TPSA) is 106 Å². The first-order chi connectivity index (χ1) is 7.27. The third kappa shape index (κ3) is 2.24. The molecule has 1 fully saturated rings. The van der Waals surface area contributed by atoms with Crippen molar-refractivity contribution in [3.8, 4) is 0 Å². The number of aromatic amines is 1. The highest BCUT2D eigenvalue weighted by Crippen LogP contribution is 2.11. The first-order valence-corrected chi connectivity index (χ1v) is 4.83. The van der Waals surface area contributed by atoms with E-state index in [1.54, 1.807) is 0 Å². The lowest BCUT2D eigenvalue weighted by atomic mass is 10.2. The van der Waals surface area contributed by atoms with Crippen LogP contribution in [0.5, 0.6) is 0 Å². The van der Waals surface area contributed by atoms with E-state index in [1.807, 2.05) is 0 Å². The fourth-order valence-electron chi connectivity index (χ4n) is 1.50. The van der Waals surface area contributed by atoms with E-state index in [0.29, 0.717) is 6.54 Å². The van der Waals surface area contributed by atoms with Gasteiger partial charge in [0.2, 0.25) is 0 Å². The quantitative estimate of drug-likeness (QED) is 0.612. The van der Waals surface area contributed by atoms with Crippen molar-refractivity contribution >= 4 is 11.7 Å². The number of H-pyrrole nitrogens is 1. The standard InChI is InChI=1S/C8H13N5O2/c9-7-6(11-13-12-7)8(14)10-4-5-2-1-3-15-5/h5H,1-4H2,(H,10,14)(H3,9,11,12,13). The van der Waals surface area contributed by atoms with Crippen LogP contribution < -0.4 is 11.1 Å². The Hall–Kier alpha value is -1.63. The zero-order valence-corrected chi connectivity index (χ0v) is 8.19. The van der Waals surface area contributed by atoms with Crippen molar-refractivity contribution < 1.29 is 9.53 Å². The molecule has 0 aliphatic carbocycles. The molecule has 0 radical (unpaired) electrons. The number of rotatable bonds is 3. The molecule has 0 spiro atoms. The predicted molar refractivity (Wildman–Crippen MR) is 52.1 cm³/mol. The summed E-state index contributed by atoms with van der Waals surface area (Å²) in [5.74, 6) is -0.211. The SMILES string of the molecule is Nc1n[nH]nc1C(=O)NCC1CCCO1. The van der Waals surface area contributed by atoms with Gasteiger partial charge in [0.25, 0.3) is 5.91 Å². The van der Waals surface area contributed by atoms with E-state index in [1.165, 1.54) is 0 Å². The van der Waals surface area contributed by atoms with Gasteiger partial charge in [-0.05, 0) is 12.8 Å². The molecule has 1 amide bonds. The van der Waals surface area contributed by atoms with Crippen LogP contribution >= 0.6 is 0 Å². The minimum absolute atomic E-state index is 0.111. The van der Waals surface area contributed by atoms with Crippen molar-refractivity contribution in [2.24, 2.45) is 0 Å². The number of ether oxygens (including phenoxy) is 1. The number of aromatic nitrogens is 3. The van der Waals surface area contributed by atoms with Crippen LogP contribution in [-0.4, -0.2) is 40.6 Å². The van der Waals surface area contributed by atoms with Crippen LogP contribution in [-0.2, 0) is 4.74 Å². The molecular weight excluding hydrogens is 198 g/mol. The summed E-state index contributed by atoms with van der Waals surface area (Å²) in [7, 11) is 0. The van der Waals surface area contributed by atoms with E-state index < -0.39 is 0 Å². The van der Waals surface area contributed by atoms with Crippen LogP contribution in [0.3, 0.4) is 0 Å². The second kappa shape index (κ2) is 4.26. The van der Waals surface area contributed by atoms with Gasteiger partial charge < -0.3 is 15.8 Å². The molecule has 2 rings (SSSR count). The summed E-state index contributed by atoms with van der Waals surface area (Å²) in [6, 6.07) is 0. The van der Waals surface area contributed by atoms with Crippen molar-refractivity contribution in [3.63, 3.8) is 0 Å². The summed E-state index contributed by atoms with van der Waals surface area (Å²) in [5, 5.41) is 12.2. The smallest absolute Gasteiger partial charge is 0.275 e. The molecule has 1 unspecified atom stereocenters. The lowest BCUT2D eigenvalue weighted by Crippen LogP contribution is -2.32. The second-order valence-corrected chi connectivity index (χ2v) is 3.40. The number of hydrogen-bond acceptors (Lipinski definition) is 5. The molecule has 0 aromatic carbocycles. The van der Waals surface area contributed by atoms with Gasteiger partial charge in [-0.1, -0.05) is 0 Å². The van der Waals surface area contributed by atoms with Crippen molar-refractivity contribution in [3.05, 3.63) is 5.69 Å². The molecule has 2 heterocycles. The van der Waals surface area contributed by atoms with Crippen LogP contribution in [0, 0.1) is 0 Å². The van der Waals surface area contributed by atoms with E-state index >= 15 is 0 Å². The Kier molecular flexibility index (Phi) is 2.82. The first-order valence-electron chi connectivity index (χ1n) is 4.83. The number of nitrogen functional groups attached to an aromatic ring is 1. The van der Waals surface area contributed by atoms with Gasteiger partial charge in [-0.25, -0.2) is 0 Å². The number of hydrogen-bond donors (Lipinski definition) is 3. The summed E-state index contributed by atoms with van der Waals surface area (Å²) in [5.41, 5.74) is 5.56. The molecule has 1 aromatic heterocycles. The van der Waals surface area contributed by atoms with Gasteiger partial charge in [0.1, 0.15) is 0 Å². The number of carbonyl (C=O) groups is 1. The maximum absolute atomic E-state index is 11.5. The van der Waals surface area contributed by atoms with Crippen molar-refractivity contribution in [1.82, 2.24) is 20.7 Å². The molecule has 1 aliphatic heterocycles. The average molecular weight is 211 g/mol. The number of nitrogens with zero attached hydrogens (tertiary/aromatic N) is 2. The minimum Gasteiger partial charge on any atom is -0.380 e. The zero-order chi connectivity index (χ0) is 10.7. The molecule has 82 valence electrons. The number of nitrogens with two attached hydrogens (primary N) is 1. The highest BCUT2D eigenvalue weighted by molar-refractivity contribution is 5.96. The maximum atomic E-state index is 11.5. The van der Waals surface area contributed by atoms with Gasteiger partial charge in [0.05, 0.1) is 6.10 Å². The Morgan fingerprint density at radius 3 is 3.13 bits per heavy atom. The Bertz CT molecular complexity index is 345. The molecule has 1 aromatic rings. The van der Waals surface area contributed by atoms with E-state index in [2.05, 4.69) is 20.7 Å². The largest absolute Gasteiger partial charge is 0.380 e.